The van der Waals surface area contributed by atoms with E-state index >= 15 is 0 Å². The van der Waals surface area contributed by atoms with Crippen molar-refractivity contribution in [3.8, 4) is 11.5 Å². The highest BCUT2D eigenvalue weighted by Crippen LogP contribution is 2.30. The molecule has 0 fully saturated rings. The number of aromatic nitrogens is 2. The minimum Gasteiger partial charge on any atom is -0.486 e. The lowest BCUT2D eigenvalue weighted by Crippen LogP contribution is -2.35. The third-order valence-corrected chi connectivity index (χ3v) is 3.70. The van der Waals surface area contributed by atoms with Gasteiger partial charge in [0.15, 0.2) is 11.5 Å². The molecular weight excluding hydrogens is 278 g/mol. The van der Waals surface area contributed by atoms with E-state index in [4.69, 9.17) is 9.47 Å². The second kappa shape index (κ2) is 5.26. The highest BCUT2D eigenvalue weighted by Gasteiger charge is 2.20. The van der Waals surface area contributed by atoms with Gasteiger partial charge in [-0.2, -0.15) is 0 Å². The molecule has 1 unspecified atom stereocenters. The van der Waals surface area contributed by atoms with Crippen molar-refractivity contribution < 1.29 is 9.47 Å². The van der Waals surface area contributed by atoms with Crippen molar-refractivity contribution in [2.45, 2.75) is 13.0 Å². The molecule has 1 atom stereocenters. The summed E-state index contributed by atoms with van der Waals surface area (Å²) in [6.07, 6.45) is -0.0372. The molecule has 0 saturated heterocycles. The Morgan fingerprint density at radius 1 is 1.23 bits per heavy atom. The van der Waals surface area contributed by atoms with Crippen LogP contribution < -0.4 is 14.8 Å². The summed E-state index contributed by atoms with van der Waals surface area (Å²) in [6.45, 7) is 3.23. The van der Waals surface area contributed by atoms with E-state index in [1.54, 1.807) is 0 Å². The Kier molecular flexibility index (Phi) is 3.11. The van der Waals surface area contributed by atoms with Crippen LogP contribution in [-0.2, 0) is 0 Å². The van der Waals surface area contributed by atoms with Crippen molar-refractivity contribution in [2.24, 2.45) is 0 Å². The fourth-order valence-electron chi connectivity index (χ4n) is 2.58. The van der Waals surface area contributed by atoms with Gasteiger partial charge >= 0.3 is 0 Å². The normalized spacial score (nSPS) is 16.7. The van der Waals surface area contributed by atoms with Gasteiger partial charge in [0.05, 0.1) is 17.6 Å². The molecule has 4 rings (SSSR count). The smallest absolute Gasteiger partial charge is 0.201 e. The molecule has 112 valence electrons. The molecule has 22 heavy (non-hydrogen) atoms. The van der Waals surface area contributed by atoms with E-state index in [0.717, 1.165) is 28.5 Å². The second-order valence-corrected chi connectivity index (χ2v) is 5.48. The van der Waals surface area contributed by atoms with Crippen molar-refractivity contribution in [2.75, 3.05) is 18.5 Å². The Morgan fingerprint density at radius 3 is 3.00 bits per heavy atom. The van der Waals surface area contributed by atoms with Crippen LogP contribution in [0.1, 0.15) is 5.56 Å². The molecule has 2 N–H and O–H groups in total. The zero-order chi connectivity index (χ0) is 14.9. The Morgan fingerprint density at radius 2 is 2.09 bits per heavy atom. The first-order chi connectivity index (χ1) is 10.8. The van der Waals surface area contributed by atoms with E-state index in [1.807, 2.05) is 30.3 Å². The molecular formula is C17H17N3O2. The quantitative estimate of drug-likeness (QED) is 0.779. The molecule has 1 aromatic heterocycles. The van der Waals surface area contributed by atoms with Crippen LogP contribution in [0, 0.1) is 6.92 Å². The average molecular weight is 295 g/mol. The predicted molar refractivity (Wildman–Crippen MR) is 85.7 cm³/mol. The lowest BCUT2D eigenvalue weighted by atomic mass is 10.2. The van der Waals surface area contributed by atoms with Crippen LogP contribution in [0.15, 0.2) is 42.5 Å². The van der Waals surface area contributed by atoms with Gasteiger partial charge in [0.2, 0.25) is 5.95 Å². The summed E-state index contributed by atoms with van der Waals surface area (Å²) < 4.78 is 11.6. The minimum absolute atomic E-state index is 0.0372. The van der Waals surface area contributed by atoms with Crippen LogP contribution in [0.4, 0.5) is 5.95 Å². The van der Waals surface area contributed by atoms with Gasteiger partial charge in [-0.3, -0.25) is 0 Å². The fourth-order valence-corrected chi connectivity index (χ4v) is 2.58. The Bertz CT molecular complexity index is 813. The van der Waals surface area contributed by atoms with Crippen LogP contribution in [0.2, 0.25) is 0 Å². The van der Waals surface area contributed by atoms with E-state index in [9.17, 15) is 0 Å². The number of fused-ring (bicyclic) bond motifs is 2. The zero-order valence-electron chi connectivity index (χ0n) is 12.3. The van der Waals surface area contributed by atoms with Gasteiger partial charge in [-0.1, -0.05) is 18.2 Å². The molecule has 0 amide bonds. The van der Waals surface area contributed by atoms with Crippen molar-refractivity contribution in [3.05, 3.63) is 48.0 Å². The number of hydrogen-bond acceptors (Lipinski definition) is 4. The van der Waals surface area contributed by atoms with Crippen LogP contribution in [0.3, 0.4) is 0 Å². The molecule has 2 aromatic carbocycles. The summed E-state index contributed by atoms with van der Waals surface area (Å²) in [5, 5.41) is 3.28. The predicted octanol–water partition coefficient (Wildman–Crippen LogP) is 3.12. The highest BCUT2D eigenvalue weighted by atomic mass is 16.6. The molecule has 0 aliphatic carbocycles. The van der Waals surface area contributed by atoms with Gasteiger partial charge in [0.1, 0.15) is 12.7 Å². The fraction of sp³-hybridized carbons (Fsp3) is 0.235. The first-order valence-electron chi connectivity index (χ1n) is 7.37. The van der Waals surface area contributed by atoms with E-state index in [0.29, 0.717) is 13.2 Å². The van der Waals surface area contributed by atoms with E-state index < -0.39 is 0 Å². The van der Waals surface area contributed by atoms with Crippen LogP contribution in [0.25, 0.3) is 11.0 Å². The minimum atomic E-state index is -0.0372. The monoisotopic (exact) mass is 295 g/mol. The van der Waals surface area contributed by atoms with Gasteiger partial charge < -0.3 is 19.8 Å². The summed E-state index contributed by atoms with van der Waals surface area (Å²) in [7, 11) is 0. The van der Waals surface area contributed by atoms with Crippen molar-refractivity contribution in [1.29, 1.82) is 0 Å². The number of para-hydroxylation sites is 2. The summed E-state index contributed by atoms with van der Waals surface area (Å²) >= 11 is 0. The van der Waals surface area contributed by atoms with E-state index in [2.05, 4.69) is 34.3 Å². The molecule has 3 aromatic rings. The highest BCUT2D eigenvalue weighted by molar-refractivity contribution is 5.78. The van der Waals surface area contributed by atoms with Crippen molar-refractivity contribution >= 4 is 17.0 Å². The summed E-state index contributed by atoms with van der Waals surface area (Å²) in [5.41, 5.74) is 3.20. The lowest BCUT2D eigenvalue weighted by molar-refractivity contribution is 0.0996. The number of nitrogens with zero attached hydrogens (tertiary/aromatic N) is 1. The van der Waals surface area contributed by atoms with E-state index in [-0.39, 0.29) is 6.10 Å². The summed E-state index contributed by atoms with van der Waals surface area (Å²) in [5.74, 6) is 2.35. The van der Waals surface area contributed by atoms with Crippen molar-refractivity contribution in [1.82, 2.24) is 9.97 Å². The average Bonchev–Trinajstić information content (AvgIpc) is 2.94. The summed E-state index contributed by atoms with van der Waals surface area (Å²) in [6, 6.07) is 13.9. The van der Waals surface area contributed by atoms with Gasteiger partial charge in [-0.15, -0.1) is 0 Å². The standard InChI is InChI=1S/C17H17N3O2/c1-11-6-7-13-14(8-11)20-17(19-13)18-9-12-10-21-15-4-2-3-5-16(15)22-12/h2-8,12H,9-10H2,1H3,(H2,18,19,20). The molecule has 0 bridgehead atoms. The molecule has 2 heterocycles. The molecule has 5 nitrogen and oxygen atoms in total. The van der Waals surface area contributed by atoms with Gasteiger partial charge in [0, 0.05) is 0 Å². The maximum atomic E-state index is 5.92. The first kappa shape index (κ1) is 13.0. The van der Waals surface area contributed by atoms with Crippen LogP contribution >= 0.6 is 0 Å². The third kappa shape index (κ3) is 2.45. The molecule has 1 aliphatic rings. The van der Waals surface area contributed by atoms with Gasteiger partial charge in [0.25, 0.3) is 0 Å². The van der Waals surface area contributed by atoms with Gasteiger partial charge in [-0.25, -0.2) is 4.98 Å². The number of hydrogen-bond donors (Lipinski definition) is 2. The van der Waals surface area contributed by atoms with E-state index in [1.165, 1.54) is 5.56 Å². The molecule has 0 spiro atoms. The largest absolute Gasteiger partial charge is 0.486 e. The maximum Gasteiger partial charge on any atom is 0.201 e. The summed E-state index contributed by atoms with van der Waals surface area (Å²) in [4.78, 5) is 7.80. The number of rotatable bonds is 3. The first-order valence-corrected chi connectivity index (χ1v) is 7.37. The Balaban J connectivity index is 1.44. The lowest BCUT2D eigenvalue weighted by Gasteiger charge is -2.26. The molecule has 5 heteroatoms. The maximum absolute atomic E-state index is 5.92. The number of H-pyrrole nitrogens is 1. The topological polar surface area (TPSA) is 59.2 Å². The third-order valence-electron chi connectivity index (χ3n) is 3.70. The number of nitrogens with one attached hydrogen (secondary N) is 2. The van der Waals surface area contributed by atoms with Crippen LogP contribution in [0.5, 0.6) is 11.5 Å². The number of anilines is 1. The SMILES string of the molecule is Cc1ccc2nc(NCC3COc4ccccc4O3)[nH]c2c1. The second-order valence-electron chi connectivity index (χ2n) is 5.48. The number of aromatic amines is 1. The number of ether oxygens (including phenoxy) is 2. The molecule has 0 radical (unpaired) electrons. The Hall–Kier alpha value is -2.69. The van der Waals surface area contributed by atoms with Crippen LogP contribution in [-0.4, -0.2) is 29.2 Å². The Labute approximate surface area is 128 Å². The number of benzene rings is 2. The zero-order valence-corrected chi connectivity index (χ0v) is 12.3. The van der Waals surface area contributed by atoms with Gasteiger partial charge in [-0.05, 0) is 36.8 Å². The number of aryl methyl sites for hydroxylation is 1. The van der Waals surface area contributed by atoms with Crippen molar-refractivity contribution in [3.63, 3.8) is 0 Å². The number of imidazole rings is 1. The molecule has 0 saturated carbocycles. The molecule has 1 aliphatic heterocycles.